The first-order valence-electron chi connectivity index (χ1n) is 9.19. The molecule has 0 aliphatic carbocycles. The summed E-state index contributed by atoms with van der Waals surface area (Å²) >= 11 is 0. The molecule has 0 atom stereocenters. The van der Waals surface area contributed by atoms with E-state index in [1.54, 1.807) is 30.3 Å². The summed E-state index contributed by atoms with van der Waals surface area (Å²) in [6.45, 7) is 6.33. The van der Waals surface area contributed by atoms with Gasteiger partial charge in [-0.15, -0.1) is 0 Å². The monoisotopic (exact) mass is 381 g/mol. The number of anilines is 1. The molecule has 7 nitrogen and oxygen atoms in total. The number of benzene rings is 2. The Bertz CT molecular complexity index is 1060. The number of hydrogen-bond acceptors (Lipinski definition) is 5. The van der Waals surface area contributed by atoms with Gasteiger partial charge in [0.25, 0.3) is 5.56 Å². The van der Waals surface area contributed by atoms with Crippen LogP contribution >= 0.6 is 0 Å². The zero-order valence-corrected chi connectivity index (χ0v) is 16.2. The Morgan fingerprint density at radius 2 is 1.79 bits per heavy atom. The van der Waals surface area contributed by atoms with Gasteiger partial charge in [-0.1, -0.05) is 18.2 Å². The number of aromatic nitrogens is 2. The molecule has 3 aromatic rings. The number of carbonyl (C=O) groups is 1. The molecule has 0 saturated heterocycles. The van der Waals surface area contributed by atoms with Crippen molar-refractivity contribution < 1.29 is 14.3 Å². The second-order valence-corrected chi connectivity index (χ2v) is 6.17. The van der Waals surface area contributed by atoms with Crippen LogP contribution in [0.1, 0.15) is 19.5 Å². The quantitative estimate of drug-likeness (QED) is 0.680. The van der Waals surface area contributed by atoms with E-state index in [-0.39, 0.29) is 18.0 Å². The first-order chi connectivity index (χ1) is 13.5. The molecular formula is C21H23N3O4. The van der Waals surface area contributed by atoms with E-state index >= 15 is 0 Å². The Morgan fingerprint density at radius 1 is 1.07 bits per heavy atom. The van der Waals surface area contributed by atoms with Crippen molar-refractivity contribution in [3.05, 3.63) is 58.5 Å². The molecule has 146 valence electrons. The van der Waals surface area contributed by atoms with E-state index in [9.17, 15) is 9.59 Å². The van der Waals surface area contributed by atoms with Crippen LogP contribution in [0.3, 0.4) is 0 Å². The number of amides is 1. The fourth-order valence-corrected chi connectivity index (χ4v) is 2.98. The van der Waals surface area contributed by atoms with Gasteiger partial charge in [0.15, 0.2) is 0 Å². The van der Waals surface area contributed by atoms with Crippen LogP contribution in [0.15, 0.2) is 47.3 Å². The highest BCUT2D eigenvalue weighted by atomic mass is 16.5. The molecule has 0 fully saturated rings. The van der Waals surface area contributed by atoms with E-state index in [1.165, 1.54) is 4.68 Å². The molecule has 0 aliphatic rings. The van der Waals surface area contributed by atoms with Crippen LogP contribution in [0.4, 0.5) is 5.69 Å². The van der Waals surface area contributed by atoms with Crippen LogP contribution < -0.4 is 20.3 Å². The van der Waals surface area contributed by atoms with Crippen molar-refractivity contribution in [3.63, 3.8) is 0 Å². The highest BCUT2D eigenvalue weighted by Gasteiger charge is 2.13. The fraction of sp³-hybridized carbons (Fsp3) is 0.286. The molecule has 1 N–H and O–H groups in total. The number of hydrogen-bond donors (Lipinski definition) is 1. The molecule has 0 unspecified atom stereocenters. The molecule has 0 bridgehead atoms. The normalized spacial score (nSPS) is 10.7. The summed E-state index contributed by atoms with van der Waals surface area (Å²) in [7, 11) is 0. The van der Waals surface area contributed by atoms with E-state index in [0.717, 1.165) is 5.39 Å². The highest BCUT2D eigenvalue weighted by Crippen LogP contribution is 2.29. The summed E-state index contributed by atoms with van der Waals surface area (Å²) in [5, 5.41) is 8.39. The van der Waals surface area contributed by atoms with Gasteiger partial charge in [-0.3, -0.25) is 9.59 Å². The van der Waals surface area contributed by atoms with Crippen LogP contribution in [0.5, 0.6) is 11.5 Å². The van der Waals surface area contributed by atoms with Crippen molar-refractivity contribution in [2.75, 3.05) is 18.5 Å². The Kier molecular flexibility index (Phi) is 5.93. The van der Waals surface area contributed by atoms with Crippen LogP contribution in [-0.4, -0.2) is 28.9 Å². The number of rotatable bonds is 7. The van der Waals surface area contributed by atoms with Crippen LogP contribution in [-0.2, 0) is 11.3 Å². The van der Waals surface area contributed by atoms with Crippen molar-refractivity contribution in [2.45, 2.75) is 27.3 Å². The summed E-state index contributed by atoms with van der Waals surface area (Å²) in [4.78, 5) is 25.3. The molecule has 0 spiro atoms. The smallest absolute Gasteiger partial charge is 0.275 e. The third kappa shape index (κ3) is 4.14. The van der Waals surface area contributed by atoms with Gasteiger partial charge in [-0.25, -0.2) is 4.68 Å². The lowest BCUT2D eigenvalue weighted by Crippen LogP contribution is -2.30. The molecule has 0 saturated carbocycles. The molecule has 7 heteroatoms. The molecular weight excluding hydrogens is 358 g/mol. The van der Waals surface area contributed by atoms with Gasteiger partial charge in [0.05, 0.1) is 30.0 Å². The molecule has 2 aromatic carbocycles. The predicted molar refractivity (Wildman–Crippen MR) is 108 cm³/mol. The standard InChI is InChI=1S/C21H23N3O4/c1-4-27-15-10-11-19(28-5-2)18(12-15)22-20(25)13-24-21(26)17-9-7-6-8-16(17)14(3)23-24/h6-12H,4-5,13H2,1-3H3,(H,22,25). The van der Waals surface area contributed by atoms with Crippen LogP contribution in [0.2, 0.25) is 0 Å². The summed E-state index contributed by atoms with van der Waals surface area (Å²) in [5.74, 6) is 0.784. The molecule has 1 aromatic heterocycles. The lowest BCUT2D eigenvalue weighted by Gasteiger charge is -2.14. The van der Waals surface area contributed by atoms with E-state index in [1.807, 2.05) is 32.9 Å². The number of nitrogens with one attached hydrogen (secondary N) is 1. The maximum absolute atomic E-state index is 12.7. The average Bonchev–Trinajstić information content (AvgIpc) is 2.68. The molecule has 1 heterocycles. The van der Waals surface area contributed by atoms with E-state index in [2.05, 4.69) is 10.4 Å². The molecule has 0 aliphatic heterocycles. The third-order valence-electron chi connectivity index (χ3n) is 4.18. The second-order valence-electron chi connectivity index (χ2n) is 6.17. The number of fused-ring (bicyclic) bond motifs is 1. The molecule has 0 radical (unpaired) electrons. The number of aryl methyl sites for hydroxylation is 1. The fourth-order valence-electron chi connectivity index (χ4n) is 2.98. The Hall–Kier alpha value is -3.35. The summed E-state index contributed by atoms with van der Waals surface area (Å²) in [5.41, 5.74) is 0.879. The lowest BCUT2D eigenvalue weighted by molar-refractivity contribution is -0.117. The zero-order chi connectivity index (χ0) is 20.1. The van der Waals surface area contributed by atoms with E-state index < -0.39 is 0 Å². The van der Waals surface area contributed by atoms with Crippen molar-refractivity contribution in [1.29, 1.82) is 0 Å². The van der Waals surface area contributed by atoms with Crippen molar-refractivity contribution in [1.82, 2.24) is 9.78 Å². The summed E-state index contributed by atoms with van der Waals surface area (Å²) in [6.07, 6.45) is 0. The molecule has 28 heavy (non-hydrogen) atoms. The third-order valence-corrected chi connectivity index (χ3v) is 4.18. The van der Waals surface area contributed by atoms with Gasteiger partial charge in [0.2, 0.25) is 5.91 Å². The van der Waals surface area contributed by atoms with Crippen LogP contribution in [0, 0.1) is 6.92 Å². The van der Waals surface area contributed by atoms with Crippen molar-refractivity contribution >= 4 is 22.4 Å². The SMILES string of the molecule is CCOc1ccc(OCC)c(NC(=O)Cn2nc(C)c3ccccc3c2=O)c1. The second kappa shape index (κ2) is 8.56. The largest absolute Gasteiger partial charge is 0.494 e. The maximum atomic E-state index is 12.7. The minimum Gasteiger partial charge on any atom is -0.494 e. The first-order valence-corrected chi connectivity index (χ1v) is 9.19. The highest BCUT2D eigenvalue weighted by molar-refractivity contribution is 5.92. The predicted octanol–water partition coefficient (Wildman–Crippen LogP) is 3.14. The lowest BCUT2D eigenvalue weighted by atomic mass is 10.1. The van der Waals surface area contributed by atoms with Crippen molar-refractivity contribution in [2.24, 2.45) is 0 Å². The maximum Gasteiger partial charge on any atom is 0.275 e. The number of carbonyl (C=O) groups excluding carboxylic acids is 1. The van der Waals surface area contributed by atoms with Crippen molar-refractivity contribution in [3.8, 4) is 11.5 Å². The topological polar surface area (TPSA) is 82.4 Å². The summed E-state index contributed by atoms with van der Waals surface area (Å²) in [6, 6.07) is 12.5. The Labute approximate surface area is 162 Å². The molecule has 1 amide bonds. The minimum atomic E-state index is -0.376. The van der Waals surface area contributed by atoms with Gasteiger partial charge in [-0.05, 0) is 39.0 Å². The van der Waals surface area contributed by atoms with Gasteiger partial charge in [-0.2, -0.15) is 5.10 Å². The van der Waals surface area contributed by atoms with Gasteiger partial charge < -0.3 is 14.8 Å². The summed E-state index contributed by atoms with van der Waals surface area (Å²) < 4.78 is 12.2. The van der Waals surface area contributed by atoms with Gasteiger partial charge in [0.1, 0.15) is 18.0 Å². The average molecular weight is 381 g/mol. The Morgan fingerprint density at radius 3 is 2.50 bits per heavy atom. The van der Waals surface area contributed by atoms with E-state index in [4.69, 9.17) is 9.47 Å². The van der Waals surface area contributed by atoms with Gasteiger partial charge in [0, 0.05) is 11.5 Å². The first kappa shape index (κ1) is 19.4. The number of ether oxygens (including phenoxy) is 2. The number of nitrogens with zero attached hydrogens (tertiary/aromatic N) is 2. The Balaban J connectivity index is 1.86. The molecule has 3 rings (SSSR count). The zero-order valence-electron chi connectivity index (χ0n) is 16.2. The van der Waals surface area contributed by atoms with Crippen LogP contribution in [0.25, 0.3) is 10.8 Å². The van der Waals surface area contributed by atoms with Gasteiger partial charge >= 0.3 is 0 Å². The minimum absolute atomic E-state index is 0.199. The van der Waals surface area contributed by atoms with E-state index in [0.29, 0.717) is 41.5 Å².